The standard InChI is InChI=1S/C17H26N2O3S/c1-17(2,3)22-16(20)19-10-5-4-8-15(19)13-23(21)12-14-7-6-9-18-11-14/h6-7,9,11,15H,4-5,8,10,12-13H2,1-3H3/t15-,23+/m1/s1. The third-order valence-electron chi connectivity index (χ3n) is 3.68. The molecule has 0 N–H and O–H groups in total. The molecular formula is C17H26N2O3S. The molecule has 128 valence electrons. The summed E-state index contributed by atoms with van der Waals surface area (Å²) in [6.45, 7) is 6.28. The maximum Gasteiger partial charge on any atom is 0.410 e. The molecule has 2 heterocycles. The number of aromatic nitrogens is 1. The first-order valence-corrected chi connectivity index (χ1v) is 9.57. The summed E-state index contributed by atoms with van der Waals surface area (Å²) < 4.78 is 17.9. The van der Waals surface area contributed by atoms with E-state index in [1.807, 2.05) is 32.9 Å². The SMILES string of the molecule is CC(C)(C)OC(=O)N1CCCC[C@@H]1C[S@@](=O)Cc1cccnc1. The number of nitrogens with zero attached hydrogens (tertiary/aromatic N) is 2. The molecule has 1 aliphatic heterocycles. The number of amides is 1. The Morgan fingerprint density at radius 2 is 2.22 bits per heavy atom. The first-order chi connectivity index (χ1) is 10.8. The fourth-order valence-electron chi connectivity index (χ4n) is 2.68. The van der Waals surface area contributed by atoms with Crippen LogP contribution in [-0.4, -0.2) is 44.1 Å². The molecule has 2 rings (SSSR count). The van der Waals surface area contributed by atoms with E-state index in [0.29, 0.717) is 18.1 Å². The van der Waals surface area contributed by atoms with Crippen molar-refractivity contribution in [1.82, 2.24) is 9.88 Å². The molecule has 1 amide bonds. The molecule has 0 bridgehead atoms. The summed E-state index contributed by atoms with van der Waals surface area (Å²) in [7, 11) is -1.02. The first kappa shape index (κ1) is 17.9. The Hall–Kier alpha value is -1.43. The summed E-state index contributed by atoms with van der Waals surface area (Å²) in [5.41, 5.74) is 0.457. The lowest BCUT2D eigenvalue weighted by molar-refractivity contribution is 0.0125. The Labute approximate surface area is 140 Å². The summed E-state index contributed by atoms with van der Waals surface area (Å²) in [5, 5.41) is 0. The fraction of sp³-hybridized carbons (Fsp3) is 0.647. The molecule has 0 spiro atoms. The zero-order valence-corrected chi connectivity index (χ0v) is 15.0. The van der Waals surface area contributed by atoms with Crippen molar-refractivity contribution in [3.63, 3.8) is 0 Å². The molecule has 0 aliphatic carbocycles. The van der Waals surface area contributed by atoms with Crippen molar-refractivity contribution in [3.8, 4) is 0 Å². The van der Waals surface area contributed by atoms with Gasteiger partial charge >= 0.3 is 6.09 Å². The monoisotopic (exact) mass is 338 g/mol. The van der Waals surface area contributed by atoms with Gasteiger partial charge in [-0.1, -0.05) is 6.07 Å². The first-order valence-electron chi connectivity index (χ1n) is 8.08. The summed E-state index contributed by atoms with van der Waals surface area (Å²) in [4.78, 5) is 18.2. The molecule has 2 atom stereocenters. The number of hydrogen-bond acceptors (Lipinski definition) is 4. The fourth-order valence-corrected chi connectivity index (χ4v) is 4.11. The predicted octanol–water partition coefficient (Wildman–Crippen LogP) is 3.12. The third-order valence-corrected chi connectivity index (χ3v) is 5.10. The maximum absolute atomic E-state index is 12.4. The molecule has 23 heavy (non-hydrogen) atoms. The van der Waals surface area contributed by atoms with Crippen LogP contribution in [0.4, 0.5) is 4.79 Å². The normalized spacial score (nSPS) is 20.1. The van der Waals surface area contributed by atoms with Crippen molar-refractivity contribution in [3.05, 3.63) is 30.1 Å². The highest BCUT2D eigenvalue weighted by Crippen LogP contribution is 2.21. The highest BCUT2D eigenvalue weighted by Gasteiger charge is 2.31. The van der Waals surface area contributed by atoms with Gasteiger partial charge in [0.25, 0.3) is 0 Å². The minimum Gasteiger partial charge on any atom is -0.444 e. The minimum atomic E-state index is -1.02. The lowest BCUT2D eigenvalue weighted by atomic mass is 10.0. The van der Waals surface area contributed by atoms with Crippen LogP contribution in [0.2, 0.25) is 0 Å². The van der Waals surface area contributed by atoms with Crippen molar-refractivity contribution >= 4 is 16.9 Å². The van der Waals surface area contributed by atoms with E-state index in [1.54, 1.807) is 17.3 Å². The lowest BCUT2D eigenvalue weighted by Crippen LogP contribution is -2.48. The van der Waals surface area contributed by atoms with E-state index in [2.05, 4.69) is 4.98 Å². The Morgan fingerprint density at radius 1 is 1.43 bits per heavy atom. The van der Waals surface area contributed by atoms with E-state index < -0.39 is 16.4 Å². The van der Waals surface area contributed by atoms with Crippen molar-refractivity contribution in [1.29, 1.82) is 0 Å². The number of piperidine rings is 1. The number of rotatable bonds is 4. The molecule has 1 aromatic rings. The van der Waals surface area contributed by atoms with Gasteiger partial charge in [0.15, 0.2) is 0 Å². The van der Waals surface area contributed by atoms with Crippen LogP contribution < -0.4 is 0 Å². The molecule has 1 aromatic heterocycles. The van der Waals surface area contributed by atoms with E-state index in [4.69, 9.17) is 4.74 Å². The van der Waals surface area contributed by atoms with Crippen LogP contribution in [0, 0.1) is 0 Å². The number of likely N-dealkylation sites (tertiary alicyclic amines) is 1. The highest BCUT2D eigenvalue weighted by molar-refractivity contribution is 7.84. The van der Waals surface area contributed by atoms with E-state index in [1.165, 1.54) is 0 Å². The zero-order chi connectivity index (χ0) is 16.9. The molecule has 1 saturated heterocycles. The molecule has 0 aromatic carbocycles. The second-order valence-electron chi connectivity index (χ2n) is 6.94. The molecule has 0 saturated carbocycles. The number of pyridine rings is 1. The number of hydrogen-bond donors (Lipinski definition) is 0. The molecule has 1 aliphatic rings. The van der Waals surface area contributed by atoms with Crippen LogP contribution in [0.25, 0.3) is 0 Å². The van der Waals surface area contributed by atoms with Crippen molar-refractivity contribution in [2.75, 3.05) is 12.3 Å². The van der Waals surface area contributed by atoms with E-state index in [-0.39, 0.29) is 12.1 Å². The molecular weight excluding hydrogens is 312 g/mol. The van der Waals surface area contributed by atoms with Crippen LogP contribution in [0.15, 0.2) is 24.5 Å². The van der Waals surface area contributed by atoms with Gasteiger partial charge in [-0.3, -0.25) is 9.19 Å². The van der Waals surface area contributed by atoms with Crippen LogP contribution in [0.5, 0.6) is 0 Å². The lowest BCUT2D eigenvalue weighted by Gasteiger charge is -2.36. The largest absolute Gasteiger partial charge is 0.444 e. The Morgan fingerprint density at radius 3 is 2.87 bits per heavy atom. The van der Waals surface area contributed by atoms with E-state index in [9.17, 15) is 9.00 Å². The van der Waals surface area contributed by atoms with E-state index >= 15 is 0 Å². The molecule has 0 radical (unpaired) electrons. The molecule has 1 fully saturated rings. The zero-order valence-electron chi connectivity index (χ0n) is 14.2. The van der Waals surface area contributed by atoms with Crippen molar-refractivity contribution in [2.45, 2.75) is 57.4 Å². The van der Waals surface area contributed by atoms with Crippen molar-refractivity contribution < 1.29 is 13.7 Å². The maximum atomic E-state index is 12.4. The van der Waals surface area contributed by atoms with Gasteiger partial charge in [-0.15, -0.1) is 0 Å². The van der Waals surface area contributed by atoms with Gasteiger partial charge in [0.1, 0.15) is 5.60 Å². The minimum absolute atomic E-state index is 0.00361. The van der Waals surface area contributed by atoms with Crippen molar-refractivity contribution in [2.24, 2.45) is 0 Å². The molecule has 0 unspecified atom stereocenters. The summed E-state index contributed by atoms with van der Waals surface area (Å²) in [6, 6.07) is 3.77. The summed E-state index contributed by atoms with van der Waals surface area (Å²) in [5.74, 6) is 0.973. The summed E-state index contributed by atoms with van der Waals surface area (Å²) >= 11 is 0. The number of carbonyl (C=O) groups is 1. The second-order valence-corrected chi connectivity index (χ2v) is 8.44. The van der Waals surface area contributed by atoms with E-state index in [0.717, 1.165) is 24.8 Å². The summed E-state index contributed by atoms with van der Waals surface area (Å²) in [6.07, 6.45) is 6.08. The van der Waals surface area contributed by atoms with Gasteiger partial charge in [-0.25, -0.2) is 4.79 Å². The number of carbonyl (C=O) groups excluding carboxylic acids is 1. The van der Waals surface area contributed by atoms with Crippen LogP contribution in [-0.2, 0) is 21.3 Å². The van der Waals surface area contributed by atoms with Gasteiger partial charge in [0.2, 0.25) is 0 Å². The smallest absolute Gasteiger partial charge is 0.410 e. The predicted molar refractivity (Wildman–Crippen MR) is 91.5 cm³/mol. The Balaban J connectivity index is 1.95. The molecule has 5 nitrogen and oxygen atoms in total. The Bertz CT molecular complexity index is 543. The average Bonchev–Trinajstić information content (AvgIpc) is 2.47. The van der Waals surface area contributed by atoms with Gasteiger partial charge < -0.3 is 9.64 Å². The van der Waals surface area contributed by atoms with Gasteiger partial charge in [-0.05, 0) is 51.7 Å². The van der Waals surface area contributed by atoms with Crippen LogP contribution in [0.1, 0.15) is 45.6 Å². The topological polar surface area (TPSA) is 59.5 Å². The highest BCUT2D eigenvalue weighted by atomic mass is 32.2. The van der Waals surface area contributed by atoms with Crippen LogP contribution in [0.3, 0.4) is 0 Å². The van der Waals surface area contributed by atoms with Gasteiger partial charge in [0, 0.05) is 41.5 Å². The van der Waals surface area contributed by atoms with Crippen LogP contribution >= 0.6 is 0 Å². The average molecular weight is 338 g/mol. The van der Waals surface area contributed by atoms with Gasteiger partial charge in [0.05, 0.1) is 5.75 Å². The quantitative estimate of drug-likeness (QED) is 0.846. The number of ether oxygens (including phenoxy) is 1. The Kier molecular flexibility index (Phi) is 6.16. The van der Waals surface area contributed by atoms with Gasteiger partial charge in [-0.2, -0.15) is 0 Å². The molecule has 6 heteroatoms. The third kappa shape index (κ3) is 5.94. The second kappa shape index (κ2) is 7.90.